The fraction of sp³-hybridized carbons (Fsp3) is 0.471. The minimum atomic E-state index is 0.0438. The number of amides is 1. The molecule has 0 heterocycles. The number of hydrogen-bond acceptors (Lipinski definition) is 3. The smallest absolute Gasteiger partial charge is 0.219 e. The van der Waals surface area contributed by atoms with Gasteiger partial charge in [0, 0.05) is 24.4 Å². The minimum absolute atomic E-state index is 0.0438. The molecule has 1 saturated carbocycles. The summed E-state index contributed by atoms with van der Waals surface area (Å²) in [6, 6.07) is 5.55. The molecule has 0 aromatic heterocycles. The Morgan fingerprint density at radius 2 is 2.24 bits per heavy atom. The van der Waals surface area contributed by atoms with E-state index in [-0.39, 0.29) is 29.9 Å². The number of phenols is 1. The van der Waals surface area contributed by atoms with Gasteiger partial charge in [-0.05, 0) is 36.8 Å². The number of hydrogen-bond donors (Lipinski definition) is 3. The van der Waals surface area contributed by atoms with Crippen molar-refractivity contribution in [1.29, 1.82) is 0 Å². The highest BCUT2D eigenvalue weighted by Gasteiger charge is 2.43. The number of benzene rings is 1. The van der Waals surface area contributed by atoms with Gasteiger partial charge in [-0.1, -0.05) is 25.6 Å². The molecule has 0 spiro atoms. The van der Waals surface area contributed by atoms with Crippen molar-refractivity contribution in [3.05, 3.63) is 41.7 Å². The number of aliphatic hydroxyl groups is 1. The number of aromatic hydroxyl groups is 1. The van der Waals surface area contributed by atoms with Crippen LogP contribution < -0.4 is 5.32 Å². The van der Waals surface area contributed by atoms with E-state index in [4.69, 9.17) is 0 Å². The standard InChI is InChI=1S/C17H23NO3/c1-4-17(21)18-11(3)13-9-14(13)12-6-5-7-16(20)15(12)8-10(2)19/h5-7,11,13-14,19-20H,2,4,8-9H2,1,3H3,(H,18,21)/t11-,13?,14+/m1/s1. The Balaban J connectivity index is 2.12. The van der Waals surface area contributed by atoms with Gasteiger partial charge in [0.25, 0.3) is 0 Å². The fourth-order valence-electron chi connectivity index (χ4n) is 2.92. The highest BCUT2D eigenvalue weighted by molar-refractivity contribution is 5.75. The Kier molecular flexibility index (Phi) is 4.56. The van der Waals surface area contributed by atoms with E-state index in [1.807, 2.05) is 26.0 Å². The summed E-state index contributed by atoms with van der Waals surface area (Å²) in [6.07, 6.45) is 1.74. The number of phenolic OH excluding ortho intramolecular Hbond substituents is 1. The van der Waals surface area contributed by atoms with Crippen molar-refractivity contribution < 1.29 is 15.0 Å². The van der Waals surface area contributed by atoms with Crippen LogP contribution in [-0.4, -0.2) is 22.2 Å². The molecule has 21 heavy (non-hydrogen) atoms. The molecule has 4 heteroatoms. The van der Waals surface area contributed by atoms with Gasteiger partial charge < -0.3 is 15.5 Å². The Labute approximate surface area is 125 Å². The molecule has 1 fully saturated rings. The van der Waals surface area contributed by atoms with Crippen molar-refractivity contribution in [2.75, 3.05) is 0 Å². The summed E-state index contributed by atoms with van der Waals surface area (Å²) >= 11 is 0. The van der Waals surface area contributed by atoms with E-state index in [9.17, 15) is 15.0 Å². The van der Waals surface area contributed by atoms with E-state index in [0.29, 0.717) is 18.3 Å². The summed E-state index contributed by atoms with van der Waals surface area (Å²) in [4.78, 5) is 11.5. The zero-order valence-corrected chi connectivity index (χ0v) is 12.6. The highest BCUT2D eigenvalue weighted by atomic mass is 16.3. The van der Waals surface area contributed by atoms with Gasteiger partial charge in [-0.2, -0.15) is 0 Å². The maximum atomic E-state index is 11.5. The van der Waals surface area contributed by atoms with Crippen LogP contribution in [0, 0.1) is 5.92 Å². The number of allylic oxidation sites excluding steroid dienone is 1. The predicted molar refractivity (Wildman–Crippen MR) is 82.3 cm³/mol. The molecular formula is C17H23NO3. The molecule has 0 bridgehead atoms. The molecular weight excluding hydrogens is 266 g/mol. The van der Waals surface area contributed by atoms with E-state index in [0.717, 1.165) is 17.5 Å². The van der Waals surface area contributed by atoms with Gasteiger partial charge in [0.2, 0.25) is 5.91 Å². The van der Waals surface area contributed by atoms with Crippen LogP contribution in [0.25, 0.3) is 0 Å². The molecule has 1 aromatic carbocycles. The van der Waals surface area contributed by atoms with Crippen LogP contribution in [0.3, 0.4) is 0 Å². The molecule has 0 aliphatic heterocycles. The molecule has 3 N–H and O–H groups in total. The second-order valence-electron chi connectivity index (χ2n) is 5.80. The van der Waals surface area contributed by atoms with Crippen molar-refractivity contribution >= 4 is 5.91 Å². The van der Waals surface area contributed by atoms with Crippen LogP contribution >= 0.6 is 0 Å². The highest BCUT2D eigenvalue weighted by Crippen LogP contribution is 2.51. The van der Waals surface area contributed by atoms with Crippen LogP contribution in [0.15, 0.2) is 30.5 Å². The zero-order chi connectivity index (χ0) is 15.6. The number of aliphatic hydroxyl groups excluding tert-OH is 1. The van der Waals surface area contributed by atoms with Crippen LogP contribution in [0.4, 0.5) is 0 Å². The third kappa shape index (κ3) is 3.57. The molecule has 2 rings (SSSR count). The molecule has 114 valence electrons. The lowest BCUT2D eigenvalue weighted by molar-refractivity contribution is -0.121. The average molecular weight is 289 g/mol. The predicted octanol–water partition coefficient (Wildman–Crippen LogP) is 3.02. The van der Waals surface area contributed by atoms with E-state index >= 15 is 0 Å². The zero-order valence-electron chi connectivity index (χ0n) is 12.6. The maximum Gasteiger partial charge on any atom is 0.219 e. The van der Waals surface area contributed by atoms with Crippen LogP contribution in [0.1, 0.15) is 43.7 Å². The van der Waals surface area contributed by atoms with Crippen molar-refractivity contribution in [3.63, 3.8) is 0 Å². The van der Waals surface area contributed by atoms with Gasteiger partial charge in [-0.3, -0.25) is 4.79 Å². The molecule has 1 amide bonds. The van der Waals surface area contributed by atoms with E-state index in [1.54, 1.807) is 6.07 Å². The molecule has 1 aliphatic carbocycles. The molecule has 1 aromatic rings. The lowest BCUT2D eigenvalue weighted by Crippen LogP contribution is -2.33. The molecule has 1 aliphatic rings. The molecule has 1 unspecified atom stereocenters. The van der Waals surface area contributed by atoms with Gasteiger partial charge in [-0.15, -0.1) is 0 Å². The average Bonchev–Trinajstić information content (AvgIpc) is 3.20. The summed E-state index contributed by atoms with van der Waals surface area (Å²) in [5.41, 5.74) is 1.79. The second kappa shape index (κ2) is 6.20. The normalized spacial score (nSPS) is 21.6. The van der Waals surface area contributed by atoms with Gasteiger partial charge >= 0.3 is 0 Å². The van der Waals surface area contributed by atoms with Gasteiger partial charge in [-0.25, -0.2) is 0 Å². The maximum absolute atomic E-state index is 11.5. The lowest BCUT2D eigenvalue weighted by atomic mass is 9.97. The summed E-state index contributed by atoms with van der Waals surface area (Å²) < 4.78 is 0. The van der Waals surface area contributed by atoms with Gasteiger partial charge in [0.05, 0.1) is 5.76 Å². The van der Waals surface area contributed by atoms with Crippen molar-refractivity contribution in [2.45, 2.75) is 45.1 Å². The van der Waals surface area contributed by atoms with E-state index in [2.05, 4.69) is 11.9 Å². The monoisotopic (exact) mass is 289 g/mol. The quantitative estimate of drug-likeness (QED) is 0.705. The molecule has 3 atom stereocenters. The van der Waals surface area contributed by atoms with Crippen molar-refractivity contribution in [2.24, 2.45) is 5.92 Å². The van der Waals surface area contributed by atoms with Crippen molar-refractivity contribution in [3.8, 4) is 5.75 Å². The molecule has 0 radical (unpaired) electrons. The van der Waals surface area contributed by atoms with E-state index < -0.39 is 0 Å². The topological polar surface area (TPSA) is 69.6 Å². The number of rotatable bonds is 6. The van der Waals surface area contributed by atoms with Crippen LogP contribution in [-0.2, 0) is 11.2 Å². The summed E-state index contributed by atoms with van der Waals surface area (Å²) in [6.45, 7) is 7.36. The Bertz CT molecular complexity index is 553. The third-order valence-electron chi connectivity index (χ3n) is 4.16. The number of nitrogens with one attached hydrogen (secondary N) is 1. The van der Waals surface area contributed by atoms with Gasteiger partial charge in [0.15, 0.2) is 0 Å². The minimum Gasteiger partial charge on any atom is -0.513 e. The number of carbonyl (C=O) groups is 1. The van der Waals surface area contributed by atoms with Crippen LogP contribution in [0.5, 0.6) is 5.75 Å². The lowest BCUT2D eigenvalue weighted by Gasteiger charge is -2.15. The summed E-state index contributed by atoms with van der Waals surface area (Å²) in [7, 11) is 0. The van der Waals surface area contributed by atoms with E-state index in [1.165, 1.54) is 0 Å². The SMILES string of the molecule is C=C(O)Cc1c(O)cccc1[C@@H]1CC1[C@@H](C)NC(=O)CC. The Morgan fingerprint density at radius 1 is 1.52 bits per heavy atom. The summed E-state index contributed by atoms with van der Waals surface area (Å²) in [5.74, 6) is 1.00. The van der Waals surface area contributed by atoms with Crippen LogP contribution in [0.2, 0.25) is 0 Å². The fourth-order valence-corrected chi connectivity index (χ4v) is 2.92. The largest absolute Gasteiger partial charge is 0.513 e. The first kappa shape index (κ1) is 15.4. The Morgan fingerprint density at radius 3 is 2.86 bits per heavy atom. The number of carbonyl (C=O) groups excluding carboxylic acids is 1. The second-order valence-corrected chi connectivity index (χ2v) is 5.80. The summed E-state index contributed by atoms with van der Waals surface area (Å²) in [5, 5.41) is 22.4. The molecule has 4 nitrogen and oxygen atoms in total. The first-order valence-electron chi connectivity index (χ1n) is 7.40. The van der Waals surface area contributed by atoms with Gasteiger partial charge in [0.1, 0.15) is 5.75 Å². The first-order valence-corrected chi connectivity index (χ1v) is 7.40. The first-order chi connectivity index (χ1) is 9.93. The van der Waals surface area contributed by atoms with Crippen molar-refractivity contribution in [1.82, 2.24) is 5.32 Å². The Hall–Kier alpha value is -1.97. The molecule has 0 saturated heterocycles. The third-order valence-corrected chi connectivity index (χ3v) is 4.16.